The fourth-order valence-electron chi connectivity index (χ4n) is 4.05. The maximum atomic E-state index is 13.5. The maximum absolute atomic E-state index is 13.5. The third-order valence-electron chi connectivity index (χ3n) is 5.71. The number of amides is 1. The van der Waals surface area contributed by atoms with Crippen LogP contribution in [-0.2, 0) is 11.3 Å². The van der Waals surface area contributed by atoms with Gasteiger partial charge < -0.3 is 15.5 Å². The number of rotatable bonds is 6. The number of aromatic nitrogens is 6. The lowest BCUT2D eigenvalue weighted by Gasteiger charge is -2.18. The number of nitrogens with one attached hydrogen (secondary N) is 1. The van der Waals surface area contributed by atoms with Crippen LogP contribution >= 0.6 is 0 Å². The van der Waals surface area contributed by atoms with E-state index in [-0.39, 0.29) is 11.9 Å². The highest BCUT2D eigenvalue weighted by atomic mass is 16.3. The van der Waals surface area contributed by atoms with Crippen molar-refractivity contribution in [3.05, 3.63) is 96.4 Å². The Bertz CT molecular complexity index is 1620. The number of carbonyl (C=O) groups excluding carboxylic acids is 1. The van der Waals surface area contributed by atoms with Gasteiger partial charge in [0.2, 0.25) is 17.7 Å². The molecule has 3 N–H and O–H groups in total. The van der Waals surface area contributed by atoms with Crippen molar-refractivity contribution in [2.45, 2.75) is 12.6 Å². The Labute approximate surface area is 199 Å². The fraction of sp³-hybridized carbons (Fsp3) is 0.0800. The minimum Gasteiger partial charge on any atom is -0.461 e. The molecule has 6 rings (SSSR count). The number of nitrogen functional groups attached to an aromatic ring is 1. The Hall–Kier alpha value is -4.99. The van der Waals surface area contributed by atoms with Crippen molar-refractivity contribution in [1.29, 1.82) is 0 Å². The average Bonchev–Trinajstić information content (AvgIpc) is 3.65. The minimum absolute atomic E-state index is 0.121. The first kappa shape index (κ1) is 20.6. The van der Waals surface area contributed by atoms with Crippen LogP contribution in [0.15, 0.2) is 89.7 Å². The molecule has 1 atom stereocenters. The number of benzene rings is 2. The fourth-order valence-corrected chi connectivity index (χ4v) is 4.05. The molecule has 0 radical (unpaired) electrons. The maximum Gasteiger partial charge on any atom is 0.249 e. The molecule has 0 aliphatic carbocycles. The topological polar surface area (TPSA) is 129 Å². The zero-order chi connectivity index (χ0) is 23.8. The number of nitrogens with two attached hydrogens (primary N) is 1. The summed E-state index contributed by atoms with van der Waals surface area (Å²) in [5, 5.41) is 12.6. The predicted octanol–water partition coefficient (Wildman–Crippen LogP) is 3.22. The first-order chi connectivity index (χ1) is 17.2. The van der Waals surface area contributed by atoms with Gasteiger partial charge in [-0.2, -0.15) is 14.6 Å². The smallest absolute Gasteiger partial charge is 0.249 e. The molecule has 10 heteroatoms. The highest BCUT2D eigenvalue weighted by Crippen LogP contribution is 2.27. The van der Waals surface area contributed by atoms with E-state index < -0.39 is 6.04 Å². The van der Waals surface area contributed by atoms with Gasteiger partial charge in [0, 0.05) is 6.54 Å². The lowest BCUT2D eigenvalue weighted by atomic mass is 10.1. The summed E-state index contributed by atoms with van der Waals surface area (Å²) in [7, 11) is 0. The third-order valence-corrected chi connectivity index (χ3v) is 5.71. The van der Waals surface area contributed by atoms with Crippen LogP contribution in [-0.4, -0.2) is 35.3 Å². The lowest BCUT2D eigenvalue weighted by molar-refractivity contribution is -0.123. The highest BCUT2D eigenvalue weighted by molar-refractivity contribution is 5.92. The van der Waals surface area contributed by atoms with E-state index in [0.29, 0.717) is 34.8 Å². The number of furan rings is 1. The standard InChI is InChI=1S/C25H20N8O2/c26-25-30-23-18(22-29-21(31-33(22)25)19-12-7-13-35-19)15-28-32(23)20(17-10-5-2-6-11-17)24(34)27-14-16-8-3-1-4-9-16/h1-13,15,20H,14H2,(H2,26,30)(H,27,34)/t20-/m1/s1. The molecular formula is C25H20N8O2. The molecule has 0 fully saturated rings. The number of fused-ring (bicyclic) bond motifs is 3. The first-order valence-corrected chi connectivity index (χ1v) is 11.0. The van der Waals surface area contributed by atoms with E-state index in [2.05, 4.69) is 25.5 Å². The van der Waals surface area contributed by atoms with Gasteiger partial charge >= 0.3 is 0 Å². The first-order valence-electron chi connectivity index (χ1n) is 11.0. The Morgan fingerprint density at radius 1 is 0.971 bits per heavy atom. The summed E-state index contributed by atoms with van der Waals surface area (Å²) in [6.07, 6.45) is 3.17. The van der Waals surface area contributed by atoms with Crippen LogP contribution in [0.4, 0.5) is 5.95 Å². The van der Waals surface area contributed by atoms with Crippen LogP contribution in [0.25, 0.3) is 28.3 Å². The lowest BCUT2D eigenvalue weighted by Crippen LogP contribution is -2.33. The van der Waals surface area contributed by atoms with Gasteiger partial charge in [0.05, 0.1) is 17.8 Å². The van der Waals surface area contributed by atoms with E-state index in [9.17, 15) is 4.79 Å². The number of nitrogens with zero attached hydrogens (tertiary/aromatic N) is 6. The summed E-state index contributed by atoms with van der Waals surface area (Å²) in [5.41, 5.74) is 8.91. The van der Waals surface area contributed by atoms with Crippen LogP contribution in [0.5, 0.6) is 0 Å². The van der Waals surface area contributed by atoms with Gasteiger partial charge in [-0.3, -0.25) is 4.79 Å². The normalized spacial score (nSPS) is 12.2. The Morgan fingerprint density at radius 2 is 1.74 bits per heavy atom. The molecule has 10 nitrogen and oxygen atoms in total. The van der Waals surface area contributed by atoms with Gasteiger partial charge in [0.25, 0.3) is 0 Å². The van der Waals surface area contributed by atoms with Gasteiger partial charge in [0.1, 0.15) is 0 Å². The second-order valence-corrected chi connectivity index (χ2v) is 7.96. The number of carbonyl (C=O) groups is 1. The number of hydrogen-bond donors (Lipinski definition) is 2. The summed E-state index contributed by atoms with van der Waals surface area (Å²) in [6, 6.07) is 21.9. The molecule has 0 spiro atoms. The Balaban J connectivity index is 1.45. The largest absolute Gasteiger partial charge is 0.461 e. The molecule has 0 saturated heterocycles. The van der Waals surface area contributed by atoms with Crippen molar-refractivity contribution in [3.63, 3.8) is 0 Å². The molecule has 35 heavy (non-hydrogen) atoms. The van der Waals surface area contributed by atoms with Gasteiger partial charge in [-0.05, 0) is 23.3 Å². The van der Waals surface area contributed by atoms with Crippen molar-refractivity contribution in [2.24, 2.45) is 0 Å². The third kappa shape index (κ3) is 3.66. The van der Waals surface area contributed by atoms with E-state index >= 15 is 0 Å². The highest BCUT2D eigenvalue weighted by Gasteiger charge is 2.27. The monoisotopic (exact) mass is 464 g/mol. The molecule has 4 heterocycles. The van der Waals surface area contributed by atoms with Crippen LogP contribution in [0.1, 0.15) is 17.2 Å². The summed E-state index contributed by atoms with van der Waals surface area (Å²) in [4.78, 5) is 22.6. The summed E-state index contributed by atoms with van der Waals surface area (Å²) in [5.74, 6) is 0.791. The van der Waals surface area contributed by atoms with Gasteiger partial charge in [0.15, 0.2) is 23.1 Å². The zero-order valence-electron chi connectivity index (χ0n) is 18.4. The molecule has 2 aromatic carbocycles. The van der Waals surface area contributed by atoms with E-state index in [1.165, 1.54) is 4.52 Å². The number of hydrogen-bond acceptors (Lipinski definition) is 7. The van der Waals surface area contributed by atoms with Crippen LogP contribution in [0.3, 0.4) is 0 Å². The molecular weight excluding hydrogens is 444 g/mol. The van der Waals surface area contributed by atoms with Crippen molar-refractivity contribution in [2.75, 3.05) is 5.73 Å². The van der Waals surface area contributed by atoms with E-state index in [0.717, 1.165) is 11.1 Å². The van der Waals surface area contributed by atoms with Gasteiger partial charge in [-0.15, -0.1) is 5.10 Å². The Kier molecular flexibility index (Phi) is 4.95. The van der Waals surface area contributed by atoms with E-state index in [1.807, 2.05) is 60.7 Å². The van der Waals surface area contributed by atoms with Crippen molar-refractivity contribution in [3.8, 4) is 11.6 Å². The molecule has 0 saturated carbocycles. The van der Waals surface area contributed by atoms with E-state index in [1.54, 1.807) is 29.3 Å². The molecule has 0 aliphatic rings. The van der Waals surface area contributed by atoms with Crippen LogP contribution in [0, 0.1) is 0 Å². The summed E-state index contributed by atoms with van der Waals surface area (Å²) < 4.78 is 8.44. The van der Waals surface area contributed by atoms with E-state index in [4.69, 9.17) is 10.2 Å². The molecule has 4 aromatic heterocycles. The van der Waals surface area contributed by atoms with Crippen LogP contribution < -0.4 is 11.1 Å². The SMILES string of the molecule is Nc1nc2c(cnn2[C@@H](C(=O)NCc2ccccc2)c2ccccc2)c2nc(-c3ccco3)nn12. The molecule has 0 aliphatic heterocycles. The van der Waals surface area contributed by atoms with Crippen molar-refractivity contribution >= 4 is 28.5 Å². The number of anilines is 1. The predicted molar refractivity (Wildman–Crippen MR) is 129 cm³/mol. The quantitative estimate of drug-likeness (QED) is 0.387. The van der Waals surface area contributed by atoms with Crippen molar-refractivity contribution < 1.29 is 9.21 Å². The van der Waals surface area contributed by atoms with Crippen molar-refractivity contribution in [1.82, 2.24) is 34.7 Å². The molecule has 0 bridgehead atoms. The van der Waals surface area contributed by atoms with Gasteiger partial charge in [-0.1, -0.05) is 60.7 Å². The molecule has 0 unspecified atom stereocenters. The molecule has 1 amide bonds. The van der Waals surface area contributed by atoms with Crippen LogP contribution in [0.2, 0.25) is 0 Å². The summed E-state index contributed by atoms with van der Waals surface area (Å²) >= 11 is 0. The zero-order valence-corrected chi connectivity index (χ0v) is 18.4. The second kappa shape index (κ2) is 8.41. The summed E-state index contributed by atoms with van der Waals surface area (Å²) in [6.45, 7) is 0.388. The minimum atomic E-state index is -0.765. The molecule has 172 valence electrons. The molecule has 6 aromatic rings. The second-order valence-electron chi connectivity index (χ2n) is 7.96. The average molecular weight is 464 g/mol. The Morgan fingerprint density at radius 3 is 2.49 bits per heavy atom. The van der Waals surface area contributed by atoms with Gasteiger partial charge in [-0.25, -0.2) is 9.67 Å².